The summed E-state index contributed by atoms with van der Waals surface area (Å²) in [5, 5.41) is 21.7. The molecule has 2 amide bonds. The molecule has 12 nitrogen and oxygen atoms in total. The van der Waals surface area contributed by atoms with E-state index < -0.39 is 17.4 Å². The number of nitrogens with one attached hydrogen (secondary N) is 2. The van der Waals surface area contributed by atoms with E-state index in [0.29, 0.717) is 58.8 Å². The van der Waals surface area contributed by atoms with Gasteiger partial charge in [-0.15, -0.1) is 0 Å². The van der Waals surface area contributed by atoms with Crippen LogP contribution in [0, 0.1) is 17.8 Å². The third kappa shape index (κ3) is 8.76. The first-order chi connectivity index (χ1) is 25.8. The summed E-state index contributed by atoms with van der Waals surface area (Å²) < 4.78 is 13.3. The Morgan fingerprint density at radius 3 is 2.35 bits per heavy atom. The molecule has 2 aliphatic rings. The first-order valence-electron chi connectivity index (χ1n) is 19.4. The molecular weight excluding hydrogens is 684 g/mol. The van der Waals surface area contributed by atoms with Crippen LogP contribution in [0.25, 0.3) is 16.9 Å². The Bertz CT molecular complexity index is 1770. The highest BCUT2D eigenvalue weighted by atomic mass is 16.5. The van der Waals surface area contributed by atoms with Gasteiger partial charge in [0.15, 0.2) is 5.69 Å². The van der Waals surface area contributed by atoms with Crippen molar-refractivity contribution in [1.82, 2.24) is 30.2 Å². The molecular formula is C42H60N6O6. The van der Waals surface area contributed by atoms with E-state index in [2.05, 4.69) is 43.4 Å². The van der Waals surface area contributed by atoms with Crippen LogP contribution in [0.4, 0.5) is 0 Å². The number of ether oxygens (including phenoxy) is 2. The van der Waals surface area contributed by atoms with Crippen molar-refractivity contribution in [2.45, 2.75) is 77.2 Å². The van der Waals surface area contributed by atoms with Gasteiger partial charge in [0.1, 0.15) is 17.0 Å². The molecule has 0 spiro atoms. The number of hydrogen-bond acceptors (Lipinski definition) is 8. The van der Waals surface area contributed by atoms with Gasteiger partial charge in [0, 0.05) is 19.2 Å². The number of carboxylic acid groups (broad SMARTS) is 1. The van der Waals surface area contributed by atoms with Gasteiger partial charge in [0.05, 0.1) is 31.2 Å². The maximum absolute atomic E-state index is 14.3. The van der Waals surface area contributed by atoms with E-state index in [0.717, 1.165) is 63.7 Å². The number of nitrogens with zero attached hydrogens (tertiary/aromatic N) is 4. The van der Waals surface area contributed by atoms with Gasteiger partial charge in [-0.05, 0) is 144 Å². The largest absolute Gasteiger partial charge is 0.496 e. The molecule has 2 aromatic carbocycles. The van der Waals surface area contributed by atoms with E-state index >= 15 is 0 Å². The van der Waals surface area contributed by atoms with Crippen LogP contribution in [0.1, 0.15) is 98.0 Å². The molecule has 4 atom stereocenters. The number of amides is 2. The number of carboxylic acids is 1. The highest BCUT2D eigenvalue weighted by Crippen LogP contribution is 2.48. The van der Waals surface area contributed by atoms with E-state index in [-0.39, 0.29) is 23.4 Å². The van der Waals surface area contributed by atoms with Crippen molar-refractivity contribution in [2.24, 2.45) is 17.8 Å². The number of benzene rings is 2. The van der Waals surface area contributed by atoms with Gasteiger partial charge in [0.25, 0.3) is 11.8 Å². The minimum atomic E-state index is -1.37. The molecule has 54 heavy (non-hydrogen) atoms. The SMILES string of the molecule is CNCCCN(C)CCCN(C)C(=O)c1ccc(-n2nc(C(=O)NC3(C(=O)O)CCC4CC(C)CC3C4)cc2-c2c(OC)cccc2OC)c(C(C)C)c1. The standard InChI is InChI=1S/C42H60N6O6/c1-27(2)32-25-30(40(50)47(6)21-11-20-46(5)19-10-18-43-4)14-15-34(32)48-35(38-36(53-7)12-9-13-37(38)54-8)26-33(45-48)39(49)44-42(41(51)52)17-16-29-22-28(3)23-31(42)24-29/h9,12-15,25-29,31,43H,10-11,16-24H2,1-8H3,(H,44,49)(H,51,52). The average Bonchev–Trinajstić information content (AvgIpc) is 3.60. The second-order valence-corrected chi connectivity index (χ2v) is 15.8. The highest BCUT2D eigenvalue weighted by Gasteiger charge is 2.53. The Morgan fingerprint density at radius 1 is 1.00 bits per heavy atom. The van der Waals surface area contributed by atoms with Crippen molar-refractivity contribution in [3.8, 4) is 28.4 Å². The summed E-state index contributed by atoms with van der Waals surface area (Å²) in [5.41, 5.74) is 1.95. The van der Waals surface area contributed by atoms with Crippen LogP contribution >= 0.6 is 0 Å². The van der Waals surface area contributed by atoms with E-state index in [1.54, 1.807) is 35.9 Å². The van der Waals surface area contributed by atoms with Gasteiger partial charge in [-0.25, -0.2) is 9.48 Å². The number of aromatic nitrogens is 2. The second-order valence-electron chi connectivity index (χ2n) is 15.8. The van der Waals surface area contributed by atoms with Gasteiger partial charge >= 0.3 is 5.97 Å². The van der Waals surface area contributed by atoms with Crippen molar-refractivity contribution in [1.29, 1.82) is 0 Å². The number of hydrogen-bond donors (Lipinski definition) is 3. The zero-order valence-corrected chi connectivity index (χ0v) is 33.4. The molecule has 0 aliphatic heterocycles. The fourth-order valence-corrected chi connectivity index (χ4v) is 8.62. The van der Waals surface area contributed by atoms with E-state index in [1.165, 1.54) is 0 Å². The summed E-state index contributed by atoms with van der Waals surface area (Å²) in [5.74, 6) is 0.137. The molecule has 12 heteroatoms. The van der Waals surface area contributed by atoms with Crippen LogP contribution < -0.4 is 20.1 Å². The third-order valence-corrected chi connectivity index (χ3v) is 11.5. The summed E-state index contributed by atoms with van der Waals surface area (Å²) >= 11 is 0. The number of carbonyl (C=O) groups is 3. The molecule has 5 rings (SSSR count). The maximum atomic E-state index is 14.3. The van der Waals surface area contributed by atoms with Crippen LogP contribution in [0.2, 0.25) is 0 Å². The molecule has 1 heterocycles. The zero-order valence-electron chi connectivity index (χ0n) is 33.4. The zero-order chi connectivity index (χ0) is 39.2. The van der Waals surface area contributed by atoms with E-state index in [1.807, 2.05) is 44.4 Å². The lowest BCUT2D eigenvalue weighted by atomic mass is 9.60. The first kappa shape index (κ1) is 40.8. The molecule has 0 saturated heterocycles. The number of aliphatic carboxylic acids is 1. The minimum Gasteiger partial charge on any atom is -0.496 e. The number of fused-ring (bicyclic) bond motifs is 2. The molecule has 3 N–H and O–H groups in total. The molecule has 2 bridgehead atoms. The summed E-state index contributed by atoms with van der Waals surface area (Å²) in [4.78, 5) is 45.1. The number of carbonyl (C=O) groups excluding carboxylic acids is 2. The minimum absolute atomic E-state index is 0.0167. The smallest absolute Gasteiger partial charge is 0.329 e. The monoisotopic (exact) mass is 744 g/mol. The lowest BCUT2D eigenvalue weighted by Crippen LogP contribution is -2.62. The fraction of sp³-hybridized carbons (Fsp3) is 0.571. The molecule has 2 aliphatic carbocycles. The predicted molar refractivity (Wildman–Crippen MR) is 211 cm³/mol. The topological polar surface area (TPSA) is 138 Å². The van der Waals surface area contributed by atoms with Gasteiger partial charge in [0.2, 0.25) is 0 Å². The van der Waals surface area contributed by atoms with Crippen molar-refractivity contribution < 1.29 is 29.0 Å². The van der Waals surface area contributed by atoms with Crippen molar-refractivity contribution in [3.63, 3.8) is 0 Å². The van der Waals surface area contributed by atoms with Gasteiger partial charge in [-0.2, -0.15) is 5.10 Å². The lowest BCUT2D eigenvalue weighted by Gasteiger charge is -2.48. The molecule has 4 unspecified atom stereocenters. The van der Waals surface area contributed by atoms with Crippen LogP contribution in [-0.4, -0.2) is 110 Å². The third-order valence-electron chi connectivity index (χ3n) is 11.5. The Hall–Kier alpha value is -4.42. The molecule has 3 aromatic rings. The predicted octanol–water partition coefficient (Wildman–Crippen LogP) is 6.08. The van der Waals surface area contributed by atoms with Gasteiger partial charge < -0.3 is 35.0 Å². The Balaban J connectivity index is 1.51. The van der Waals surface area contributed by atoms with E-state index in [9.17, 15) is 19.5 Å². The van der Waals surface area contributed by atoms with Crippen LogP contribution in [-0.2, 0) is 4.79 Å². The Morgan fingerprint density at radius 2 is 1.70 bits per heavy atom. The lowest BCUT2D eigenvalue weighted by molar-refractivity contribution is -0.151. The van der Waals surface area contributed by atoms with Gasteiger partial charge in [-0.3, -0.25) is 9.59 Å². The molecule has 1 aromatic heterocycles. The number of methoxy groups -OCH3 is 2. The molecule has 294 valence electrons. The fourth-order valence-electron chi connectivity index (χ4n) is 8.62. The number of rotatable bonds is 17. The summed E-state index contributed by atoms with van der Waals surface area (Å²) in [6, 6.07) is 12.7. The molecule has 2 fully saturated rings. The van der Waals surface area contributed by atoms with Crippen molar-refractivity contribution in [3.05, 3.63) is 59.3 Å². The Kier molecular flexibility index (Phi) is 13.4. The Labute approximate surface area is 320 Å². The molecule has 0 radical (unpaired) electrons. The highest BCUT2D eigenvalue weighted by molar-refractivity contribution is 5.98. The first-order valence-corrected chi connectivity index (χ1v) is 19.4. The van der Waals surface area contributed by atoms with Crippen LogP contribution in [0.3, 0.4) is 0 Å². The quantitative estimate of drug-likeness (QED) is 0.140. The summed E-state index contributed by atoms with van der Waals surface area (Å²) in [7, 11) is 9.04. The maximum Gasteiger partial charge on any atom is 0.329 e. The normalized spacial score (nSPS) is 20.9. The molecule has 2 saturated carbocycles. The second kappa shape index (κ2) is 17.8. The van der Waals surface area contributed by atoms with Crippen LogP contribution in [0.5, 0.6) is 11.5 Å². The van der Waals surface area contributed by atoms with Crippen LogP contribution in [0.15, 0.2) is 42.5 Å². The van der Waals surface area contributed by atoms with Crippen molar-refractivity contribution in [2.75, 3.05) is 61.5 Å². The van der Waals surface area contributed by atoms with E-state index in [4.69, 9.17) is 14.6 Å². The summed E-state index contributed by atoms with van der Waals surface area (Å²) in [6.45, 7) is 9.78. The van der Waals surface area contributed by atoms with Crippen molar-refractivity contribution >= 4 is 17.8 Å². The van der Waals surface area contributed by atoms with Gasteiger partial charge in [-0.1, -0.05) is 26.8 Å². The average molecular weight is 745 g/mol. The summed E-state index contributed by atoms with van der Waals surface area (Å²) in [6.07, 6.45) is 5.73.